The molecule has 1 N–H and O–H groups in total. The molecule has 2 atom stereocenters. The largest absolute Gasteiger partial charge is 0.338 e. The van der Waals surface area contributed by atoms with Crippen molar-refractivity contribution in [3.63, 3.8) is 0 Å². The molecule has 1 aromatic carbocycles. The van der Waals surface area contributed by atoms with Crippen molar-refractivity contribution in [2.75, 3.05) is 13.1 Å². The van der Waals surface area contributed by atoms with Crippen molar-refractivity contribution < 1.29 is 4.79 Å². The Morgan fingerprint density at radius 2 is 2.10 bits per heavy atom. The summed E-state index contributed by atoms with van der Waals surface area (Å²) >= 11 is 0. The van der Waals surface area contributed by atoms with Crippen molar-refractivity contribution >= 4 is 5.91 Å². The fourth-order valence-electron chi connectivity index (χ4n) is 2.96. The van der Waals surface area contributed by atoms with Gasteiger partial charge in [-0.05, 0) is 38.3 Å². The van der Waals surface area contributed by atoms with Crippen molar-refractivity contribution in [1.82, 2.24) is 10.2 Å². The van der Waals surface area contributed by atoms with Gasteiger partial charge in [0.2, 0.25) is 5.91 Å². The number of piperidine rings is 1. The first-order valence-corrected chi connectivity index (χ1v) is 7.76. The predicted octanol–water partition coefficient (Wildman–Crippen LogP) is 2.81. The van der Waals surface area contributed by atoms with Crippen molar-refractivity contribution in [2.45, 2.75) is 45.7 Å². The minimum Gasteiger partial charge on any atom is -0.338 e. The highest BCUT2D eigenvalue weighted by molar-refractivity contribution is 5.79. The van der Waals surface area contributed by atoms with Crippen LogP contribution in [0.3, 0.4) is 0 Å². The number of hydrogen-bond acceptors (Lipinski definition) is 2. The van der Waals surface area contributed by atoms with Gasteiger partial charge in [0.1, 0.15) is 0 Å². The third-order valence-corrected chi connectivity index (χ3v) is 3.99. The average Bonchev–Trinajstić information content (AvgIpc) is 2.47. The van der Waals surface area contributed by atoms with Crippen LogP contribution < -0.4 is 5.32 Å². The number of carbonyl (C=O) groups is 1. The monoisotopic (exact) mass is 274 g/mol. The molecule has 1 heterocycles. The Kier molecular flexibility index (Phi) is 5.60. The number of amides is 1. The summed E-state index contributed by atoms with van der Waals surface area (Å²) in [5, 5.41) is 3.42. The SMILES string of the molecule is CCCN(Cc1ccccc1)C(=O)[C@H]1CCN[C@@H](C)C1. The van der Waals surface area contributed by atoms with Gasteiger partial charge in [-0.25, -0.2) is 0 Å². The number of carbonyl (C=O) groups excluding carboxylic acids is 1. The highest BCUT2D eigenvalue weighted by atomic mass is 16.2. The van der Waals surface area contributed by atoms with E-state index in [-0.39, 0.29) is 5.92 Å². The molecule has 1 amide bonds. The normalized spacial score (nSPS) is 22.5. The molecule has 110 valence electrons. The molecule has 3 nitrogen and oxygen atoms in total. The van der Waals surface area contributed by atoms with Gasteiger partial charge < -0.3 is 10.2 Å². The van der Waals surface area contributed by atoms with E-state index in [1.54, 1.807) is 0 Å². The molecule has 2 rings (SSSR count). The van der Waals surface area contributed by atoms with Gasteiger partial charge in [-0.1, -0.05) is 37.3 Å². The molecule has 0 spiro atoms. The summed E-state index contributed by atoms with van der Waals surface area (Å²) < 4.78 is 0. The number of nitrogens with zero attached hydrogens (tertiary/aromatic N) is 1. The van der Waals surface area contributed by atoms with Crippen LogP contribution in [0, 0.1) is 5.92 Å². The first-order valence-electron chi connectivity index (χ1n) is 7.76. The second kappa shape index (κ2) is 7.44. The summed E-state index contributed by atoms with van der Waals surface area (Å²) in [7, 11) is 0. The van der Waals surface area contributed by atoms with Gasteiger partial charge in [-0.2, -0.15) is 0 Å². The highest BCUT2D eigenvalue weighted by Gasteiger charge is 2.28. The van der Waals surface area contributed by atoms with Crippen LogP contribution in [-0.4, -0.2) is 29.9 Å². The topological polar surface area (TPSA) is 32.3 Å². The Hall–Kier alpha value is -1.35. The Morgan fingerprint density at radius 3 is 2.75 bits per heavy atom. The van der Waals surface area contributed by atoms with Crippen LogP contribution in [0.1, 0.15) is 38.7 Å². The summed E-state index contributed by atoms with van der Waals surface area (Å²) in [4.78, 5) is 14.8. The highest BCUT2D eigenvalue weighted by Crippen LogP contribution is 2.20. The van der Waals surface area contributed by atoms with Crippen LogP contribution in [0.4, 0.5) is 0 Å². The summed E-state index contributed by atoms with van der Waals surface area (Å²) in [5.41, 5.74) is 1.22. The lowest BCUT2D eigenvalue weighted by atomic mass is 9.92. The first-order chi connectivity index (χ1) is 9.70. The third-order valence-electron chi connectivity index (χ3n) is 3.99. The number of rotatable bonds is 5. The minimum absolute atomic E-state index is 0.196. The summed E-state index contributed by atoms with van der Waals surface area (Å²) in [6, 6.07) is 10.7. The average molecular weight is 274 g/mol. The van der Waals surface area contributed by atoms with Crippen LogP contribution in [-0.2, 0) is 11.3 Å². The second-order valence-corrected chi connectivity index (χ2v) is 5.82. The molecule has 0 aliphatic carbocycles. The molecular weight excluding hydrogens is 248 g/mol. The fraction of sp³-hybridized carbons (Fsp3) is 0.588. The van der Waals surface area contributed by atoms with E-state index in [1.165, 1.54) is 5.56 Å². The van der Waals surface area contributed by atoms with E-state index in [4.69, 9.17) is 0 Å². The van der Waals surface area contributed by atoms with Crippen molar-refractivity contribution in [2.24, 2.45) is 5.92 Å². The van der Waals surface area contributed by atoms with Gasteiger partial charge in [0.05, 0.1) is 0 Å². The van der Waals surface area contributed by atoms with Crippen LogP contribution in [0.15, 0.2) is 30.3 Å². The standard InChI is InChI=1S/C17H26N2O/c1-3-11-19(13-15-7-5-4-6-8-15)17(20)16-9-10-18-14(2)12-16/h4-8,14,16,18H,3,9-13H2,1-2H3/t14-,16-/m0/s1. The van der Waals surface area contributed by atoms with Gasteiger partial charge in [-0.3, -0.25) is 4.79 Å². The lowest BCUT2D eigenvalue weighted by Gasteiger charge is -2.32. The molecule has 0 aromatic heterocycles. The van der Waals surface area contributed by atoms with E-state index in [9.17, 15) is 4.79 Å². The van der Waals surface area contributed by atoms with E-state index in [0.717, 1.165) is 38.9 Å². The Labute approximate surface area is 122 Å². The second-order valence-electron chi connectivity index (χ2n) is 5.82. The quantitative estimate of drug-likeness (QED) is 0.895. The van der Waals surface area contributed by atoms with E-state index in [1.807, 2.05) is 23.1 Å². The van der Waals surface area contributed by atoms with Gasteiger partial charge in [-0.15, -0.1) is 0 Å². The number of benzene rings is 1. The molecule has 3 heteroatoms. The molecule has 1 saturated heterocycles. The molecule has 0 bridgehead atoms. The van der Waals surface area contributed by atoms with E-state index < -0.39 is 0 Å². The molecule has 1 aliphatic rings. The molecule has 1 aromatic rings. The number of hydrogen-bond donors (Lipinski definition) is 1. The van der Waals surface area contributed by atoms with Gasteiger partial charge in [0.15, 0.2) is 0 Å². The fourth-order valence-corrected chi connectivity index (χ4v) is 2.96. The lowest BCUT2D eigenvalue weighted by Crippen LogP contribution is -2.44. The Bertz CT molecular complexity index is 418. The molecule has 0 unspecified atom stereocenters. The summed E-state index contributed by atoms with van der Waals surface area (Å²) in [6.45, 7) is 6.86. The molecule has 20 heavy (non-hydrogen) atoms. The summed E-state index contributed by atoms with van der Waals surface area (Å²) in [6.07, 6.45) is 2.95. The van der Waals surface area contributed by atoms with Crippen molar-refractivity contribution in [1.29, 1.82) is 0 Å². The van der Waals surface area contributed by atoms with Gasteiger partial charge in [0.25, 0.3) is 0 Å². The molecule has 1 fully saturated rings. The molecular formula is C17H26N2O. The van der Waals surface area contributed by atoms with Crippen molar-refractivity contribution in [3.05, 3.63) is 35.9 Å². The van der Waals surface area contributed by atoms with Crippen LogP contribution in [0.2, 0.25) is 0 Å². The van der Waals surface area contributed by atoms with Crippen LogP contribution in [0.25, 0.3) is 0 Å². The van der Waals surface area contributed by atoms with Gasteiger partial charge in [0, 0.05) is 25.0 Å². The summed E-state index contributed by atoms with van der Waals surface area (Å²) in [5.74, 6) is 0.533. The molecule has 0 saturated carbocycles. The maximum absolute atomic E-state index is 12.7. The third kappa shape index (κ3) is 4.07. The minimum atomic E-state index is 0.196. The van der Waals surface area contributed by atoms with Crippen LogP contribution >= 0.6 is 0 Å². The first kappa shape index (κ1) is 15.0. The molecule has 1 aliphatic heterocycles. The zero-order valence-electron chi connectivity index (χ0n) is 12.6. The zero-order valence-corrected chi connectivity index (χ0v) is 12.6. The zero-order chi connectivity index (χ0) is 14.4. The number of nitrogens with one attached hydrogen (secondary N) is 1. The Morgan fingerprint density at radius 1 is 1.35 bits per heavy atom. The molecule has 0 radical (unpaired) electrons. The smallest absolute Gasteiger partial charge is 0.226 e. The Balaban J connectivity index is 2.01. The van der Waals surface area contributed by atoms with E-state index in [2.05, 4.69) is 31.3 Å². The van der Waals surface area contributed by atoms with Crippen LogP contribution in [0.5, 0.6) is 0 Å². The van der Waals surface area contributed by atoms with E-state index >= 15 is 0 Å². The van der Waals surface area contributed by atoms with E-state index in [0.29, 0.717) is 11.9 Å². The van der Waals surface area contributed by atoms with Gasteiger partial charge >= 0.3 is 0 Å². The maximum atomic E-state index is 12.7. The lowest BCUT2D eigenvalue weighted by molar-refractivity contribution is -0.137. The maximum Gasteiger partial charge on any atom is 0.226 e. The predicted molar refractivity (Wildman–Crippen MR) is 82.3 cm³/mol. The van der Waals surface area contributed by atoms with Crippen molar-refractivity contribution in [3.8, 4) is 0 Å².